The largest absolute Gasteiger partial charge is 0.338 e. The van der Waals surface area contributed by atoms with E-state index in [1.54, 1.807) is 0 Å². The zero-order valence-corrected chi connectivity index (χ0v) is 13.2. The highest BCUT2D eigenvalue weighted by molar-refractivity contribution is 5.28. The van der Waals surface area contributed by atoms with Crippen LogP contribution in [0, 0.1) is 5.92 Å². The number of aromatic nitrogens is 2. The third kappa shape index (κ3) is 3.23. The van der Waals surface area contributed by atoms with Crippen molar-refractivity contribution in [1.29, 1.82) is 0 Å². The molecule has 1 aliphatic heterocycles. The Kier molecular flexibility index (Phi) is 4.48. The van der Waals surface area contributed by atoms with E-state index in [0.717, 1.165) is 37.8 Å². The minimum absolute atomic E-state index is 0.400. The van der Waals surface area contributed by atoms with Gasteiger partial charge < -0.3 is 15.2 Å². The van der Waals surface area contributed by atoms with E-state index < -0.39 is 5.54 Å². The van der Waals surface area contributed by atoms with E-state index >= 15 is 0 Å². The molecule has 0 bridgehead atoms. The highest BCUT2D eigenvalue weighted by atomic mass is 16.5. The van der Waals surface area contributed by atoms with Crippen LogP contribution in [0.1, 0.15) is 70.6 Å². The molecule has 2 aliphatic rings. The van der Waals surface area contributed by atoms with Gasteiger partial charge in [-0.3, -0.25) is 0 Å². The summed E-state index contributed by atoms with van der Waals surface area (Å²) in [7, 11) is 0. The van der Waals surface area contributed by atoms with Crippen LogP contribution < -0.4 is 10.6 Å². The molecule has 0 unspecified atom stereocenters. The Balaban J connectivity index is 1.69. The summed E-state index contributed by atoms with van der Waals surface area (Å²) < 4.78 is 5.54. The molecule has 1 saturated heterocycles. The average molecular weight is 292 g/mol. The Morgan fingerprint density at radius 1 is 1.19 bits per heavy atom. The second-order valence-corrected chi connectivity index (χ2v) is 6.81. The summed E-state index contributed by atoms with van der Waals surface area (Å²) in [5.41, 5.74) is 6.16. The van der Waals surface area contributed by atoms with E-state index in [9.17, 15) is 0 Å². The fourth-order valence-corrected chi connectivity index (χ4v) is 3.63. The lowest BCUT2D eigenvalue weighted by Crippen LogP contribution is -2.40. The van der Waals surface area contributed by atoms with Crippen LogP contribution in [0.15, 0.2) is 4.52 Å². The molecule has 1 aliphatic carbocycles. The molecule has 2 heterocycles. The SMILES string of the molecule is CCC1CCC(N)(c2nc(N3CCCCCC3)no2)CC1. The standard InChI is InChI=1S/C16H28N4O/c1-2-13-7-9-16(17,10-8-13)14-18-15(19-21-14)20-11-5-3-4-6-12-20/h13H,2-12,17H2,1H3. The molecule has 0 atom stereocenters. The number of nitrogens with zero attached hydrogens (tertiary/aromatic N) is 3. The van der Waals surface area contributed by atoms with Gasteiger partial charge >= 0.3 is 0 Å². The first kappa shape index (κ1) is 14.8. The van der Waals surface area contributed by atoms with Crippen LogP contribution in [0.3, 0.4) is 0 Å². The van der Waals surface area contributed by atoms with Crippen LogP contribution in [0.4, 0.5) is 5.95 Å². The van der Waals surface area contributed by atoms with Gasteiger partial charge in [0.1, 0.15) is 0 Å². The predicted octanol–water partition coefficient (Wildman–Crippen LogP) is 3.20. The molecule has 2 fully saturated rings. The van der Waals surface area contributed by atoms with Gasteiger partial charge in [-0.15, -0.1) is 0 Å². The lowest BCUT2D eigenvalue weighted by atomic mass is 9.76. The molecule has 0 radical (unpaired) electrons. The number of anilines is 1. The topological polar surface area (TPSA) is 68.2 Å². The van der Waals surface area contributed by atoms with E-state index in [-0.39, 0.29) is 0 Å². The van der Waals surface area contributed by atoms with Crippen molar-refractivity contribution < 1.29 is 4.52 Å². The molecule has 1 aromatic rings. The van der Waals surface area contributed by atoms with E-state index in [2.05, 4.69) is 22.0 Å². The van der Waals surface area contributed by atoms with Gasteiger partial charge in [-0.25, -0.2) is 0 Å². The molecule has 118 valence electrons. The van der Waals surface area contributed by atoms with Gasteiger partial charge in [0, 0.05) is 13.1 Å². The highest BCUT2D eigenvalue weighted by Crippen LogP contribution is 2.38. The number of rotatable bonds is 3. The zero-order valence-electron chi connectivity index (χ0n) is 13.2. The number of hydrogen-bond donors (Lipinski definition) is 1. The van der Waals surface area contributed by atoms with E-state index in [0.29, 0.717) is 5.89 Å². The van der Waals surface area contributed by atoms with Crippen molar-refractivity contribution >= 4 is 5.95 Å². The van der Waals surface area contributed by atoms with Crippen LogP contribution in [0.25, 0.3) is 0 Å². The van der Waals surface area contributed by atoms with Gasteiger partial charge in [-0.1, -0.05) is 26.2 Å². The van der Waals surface area contributed by atoms with Crippen molar-refractivity contribution in [2.75, 3.05) is 18.0 Å². The van der Waals surface area contributed by atoms with Gasteiger partial charge in [0.25, 0.3) is 5.95 Å². The summed E-state index contributed by atoms with van der Waals surface area (Å²) in [6.45, 7) is 4.33. The third-order valence-corrected chi connectivity index (χ3v) is 5.30. The maximum absolute atomic E-state index is 6.56. The smallest absolute Gasteiger partial charge is 0.266 e. The fraction of sp³-hybridized carbons (Fsp3) is 0.875. The molecule has 2 N–H and O–H groups in total. The second kappa shape index (κ2) is 6.34. The predicted molar refractivity (Wildman–Crippen MR) is 83.1 cm³/mol. The summed E-state index contributed by atoms with van der Waals surface area (Å²) in [6, 6.07) is 0. The Morgan fingerprint density at radius 2 is 1.86 bits per heavy atom. The summed E-state index contributed by atoms with van der Waals surface area (Å²) >= 11 is 0. The monoisotopic (exact) mass is 292 g/mol. The van der Waals surface area contributed by atoms with Crippen molar-refractivity contribution in [1.82, 2.24) is 10.1 Å². The van der Waals surface area contributed by atoms with Gasteiger partial charge in [0.05, 0.1) is 5.54 Å². The maximum Gasteiger partial charge on any atom is 0.266 e. The Bertz CT molecular complexity index is 443. The van der Waals surface area contributed by atoms with Crippen LogP contribution in [0.5, 0.6) is 0 Å². The molecular weight excluding hydrogens is 264 g/mol. The van der Waals surface area contributed by atoms with Crippen molar-refractivity contribution in [2.45, 2.75) is 70.3 Å². The van der Waals surface area contributed by atoms with Gasteiger partial charge in [-0.2, -0.15) is 4.98 Å². The van der Waals surface area contributed by atoms with Crippen molar-refractivity contribution in [3.05, 3.63) is 5.89 Å². The van der Waals surface area contributed by atoms with Crippen LogP contribution in [0.2, 0.25) is 0 Å². The molecule has 0 amide bonds. The molecule has 5 heteroatoms. The molecule has 1 aromatic heterocycles. The molecule has 0 aromatic carbocycles. The molecular formula is C16H28N4O. The maximum atomic E-state index is 6.56. The lowest BCUT2D eigenvalue weighted by molar-refractivity contribution is 0.181. The first-order valence-electron chi connectivity index (χ1n) is 8.59. The van der Waals surface area contributed by atoms with Gasteiger partial charge in [0.2, 0.25) is 5.89 Å². The average Bonchev–Trinajstić information content (AvgIpc) is 2.85. The van der Waals surface area contributed by atoms with E-state index in [1.165, 1.54) is 44.9 Å². The molecule has 1 saturated carbocycles. The highest BCUT2D eigenvalue weighted by Gasteiger charge is 2.38. The van der Waals surface area contributed by atoms with Crippen LogP contribution in [-0.4, -0.2) is 23.2 Å². The molecule has 3 rings (SSSR count). The summed E-state index contributed by atoms with van der Waals surface area (Å²) in [6.07, 6.45) is 10.6. The number of hydrogen-bond acceptors (Lipinski definition) is 5. The zero-order chi connectivity index (χ0) is 14.7. The molecule has 21 heavy (non-hydrogen) atoms. The third-order valence-electron chi connectivity index (χ3n) is 5.30. The van der Waals surface area contributed by atoms with Crippen molar-refractivity contribution in [3.63, 3.8) is 0 Å². The Labute approximate surface area is 127 Å². The minimum atomic E-state index is -0.400. The van der Waals surface area contributed by atoms with Crippen LogP contribution >= 0.6 is 0 Å². The summed E-state index contributed by atoms with van der Waals surface area (Å²) in [4.78, 5) is 6.90. The first-order valence-corrected chi connectivity index (χ1v) is 8.59. The Hall–Kier alpha value is -1.10. The first-order chi connectivity index (χ1) is 10.2. The van der Waals surface area contributed by atoms with Gasteiger partial charge in [0.15, 0.2) is 0 Å². The van der Waals surface area contributed by atoms with Gasteiger partial charge in [-0.05, 0) is 49.6 Å². The summed E-state index contributed by atoms with van der Waals surface area (Å²) in [5, 5.41) is 4.20. The van der Waals surface area contributed by atoms with Crippen molar-refractivity contribution in [2.24, 2.45) is 11.7 Å². The summed E-state index contributed by atoms with van der Waals surface area (Å²) in [5.74, 6) is 2.21. The molecule has 5 nitrogen and oxygen atoms in total. The van der Waals surface area contributed by atoms with E-state index in [4.69, 9.17) is 10.3 Å². The Morgan fingerprint density at radius 3 is 2.48 bits per heavy atom. The lowest BCUT2D eigenvalue weighted by Gasteiger charge is -2.33. The van der Waals surface area contributed by atoms with E-state index in [1.807, 2.05) is 0 Å². The number of nitrogens with two attached hydrogens (primary N) is 1. The normalized spacial score (nSPS) is 31.1. The minimum Gasteiger partial charge on any atom is -0.338 e. The second-order valence-electron chi connectivity index (χ2n) is 6.81. The molecule has 0 spiro atoms. The van der Waals surface area contributed by atoms with Crippen LogP contribution in [-0.2, 0) is 5.54 Å². The fourth-order valence-electron chi connectivity index (χ4n) is 3.63. The quantitative estimate of drug-likeness (QED) is 0.926. The van der Waals surface area contributed by atoms with Crippen molar-refractivity contribution in [3.8, 4) is 0 Å².